The maximum atomic E-state index is 12.5. The minimum absolute atomic E-state index is 0.105. The lowest BCUT2D eigenvalue weighted by molar-refractivity contribution is 0.210. The molecule has 0 bridgehead atoms. The van der Waals surface area contributed by atoms with Crippen LogP contribution in [0.5, 0.6) is 11.5 Å². The molecule has 6 heteroatoms. The molecule has 3 aromatic carbocycles. The highest BCUT2D eigenvalue weighted by Gasteiger charge is 2.10. The molecule has 1 aromatic heterocycles. The molecule has 0 saturated carbocycles. The SMILES string of the molecule is CO/N=C(\COc1ccc2c(=O)cc(-c3ccccc3)oc2c1)c1ccc(OC)cc1. The van der Waals surface area contributed by atoms with Crippen molar-refractivity contribution in [3.8, 4) is 22.8 Å². The van der Waals surface area contributed by atoms with Crippen molar-refractivity contribution in [3.05, 3.63) is 94.6 Å². The van der Waals surface area contributed by atoms with Gasteiger partial charge in [0.05, 0.1) is 12.5 Å². The van der Waals surface area contributed by atoms with Crippen LogP contribution in [-0.4, -0.2) is 26.5 Å². The molecule has 6 nitrogen and oxygen atoms in total. The molecule has 4 rings (SSSR count). The first-order valence-electron chi connectivity index (χ1n) is 9.68. The molecule has 0 amide bonds. The van der Waals surface area contributed by atoms with E-state index in [4.69, 9.17) is 18.7 Å². The Labute approximate surface area is 179 Å². The van der Waals surface area contributed by atoms with Crippen LogP contribution >= 0.6 is 0 Å². The third kappa shape index (κ3) is 4.59. The lowest BCUT2D eigenvalue weighted by atomic mass is 10.1. The van der Waals surface area contributed by atoms with Crippen molar-refractivity contribution in [3.63, 3.8) is 0 Å². The number of oxime groups is 1. The molecular weight excluding hydrogens is 394 g/mol. The highest BCUT2D eigenvalue weighted by atomic mass is 16.6. The number of benzene rings is 3. The lowest BCUT2D eigenvalue weighted by Gasteiger charge is -2.10. The van der Waals surface area contributed by atoms with E-state index in [0.29, 0.717) is 28.2 Å². The summed E-state index contributed by atoms with van der Waals surface area (Å²) in [6, 6.07) is 23.6. The molecule has 0 fully saturated rings. The number of fused-ring (bicyclic) bond motifs is 1. The van der Waals surface area contributed by atoms with Crippen molar-refractivity contribution in [2.24, 2.45) is 5.16 Å². The summed E-state index contributed by atoms with van der Waals surface area (Å²) in [5, 5.41) is 4.57. The standard InChI is InChI=1S/C25H21NO5/c1-28-19-10-8-17(9-11-19)22(26-29-2)16-30-20-12-13-21-23(27)15-24(31-25(21)14-20)18-6-4-3-5-7-18/h3-15H,16H2,1-2H3/b26-22+. The quantitative estimate of drug-likeness (QED) is 0.317. The number of hydrogen-bond acceptors (Lipinski definition) is 6. The van der Waals surface area contributed by atoms with E-state index in [1.807, 2.05) is 54.6 Å². The Kier molecular flexibility index (Phi) is 5.98. The van der Waals surface area contributed by atoms with E-state index < -0.39 is 0 Å². The van der Waals surface area contributed by atoms with Crippen LogP contribution in [0.1, 0.15) is 5.56 Å². The van der Waals surface area contributed by atoms with Crippen molar-refractivity contribution in [1.29, 1.82) is 0 Å². The predicted octanol–water partition coefficient (Wildman–Crippen LogP) is 4.90. The number of hydrogen-bond donors (Lipinski definition) is 0. The van der Waals surface area contributed by atoms with Gasteiger partial charge in [0.1, 0.15) is 42.3 Å². The molecule has 0 aliphatic carbocycles. The van der Waals surface area contributed by atoms with Crippen LogP contribution in [0.2, 0.25) is 0 Å². The average molecular weight is 415 g/mol. The summed E-state index contributed by atoms with van der Waals surface area (Å²) in [7, 11) is 3.10. The Bertz CT molecular complexity index is 1260. The molecule has 0 aliphatic heterocycles. The third-order valence-corrected chi connectivity index (χ3v) is 4.76. The van der Waals surface area contributed by atoms with Crippen LogP contribution in [0.25, 0.3) is 22.3 Å². The fourth-order valence-corrected chi connectivity index (χ4v) is 3.18. The van der Waals surface area contributed by atoms with Crippen LogP contribution in [0.3, 0.4) is 0 Å². The van der Waals surface area contributed by atoms with E-state index in [1.54, 1.807) is 25.3 Å². The number of methoxy groups -OCH3 is 1. The zero-order valence-corrected chi connectivity index (χ0v) is 17.2. The molecule has 31 heavy (non-hydrogen) atoms. The number of nitrogens with zero attached hydrogens (tertiary/aromatic N) is 1. The van der Waals surface area contributed by atoms with Crippen molar-refractivity contribution in [1.82, 2.24) is 0 Å². The smallest absolute Gasteiger partial charge is 0.193 e. The second-order valence-corrected chi connectivity index (χ2v) is 6.74. The van der Waals surface area contributed by atoms with Gasteiger partial charge >= 0.3 is 0 Å². The first-order chi connectivity index (χ1) is 15.2. The van der Waals surface area contributed by atoms with Gasteiger partial charge in [0, 0.05) is 23.3 Å². The van der Waals surface area contributed by atoms with Gasteiger partial charge < -0.3 is 18.7 Å². The minimum atomic E-state index is -0.105. The first kappa shape index (κ1) is 20.2. The van der Waals surface area contributed by atoms with Crippen LogP contribution < -0.4 is 14.9 Å². The predicted molar refractivity (Wildman–Crippen MR) is 120 cm³/mol. The van der Waals surface area contributed by atoms with E-state index in [1.165, 1.54) is 13.2 Å². The van der Waals surface area contributed by atoms with Crippen molar-refractivity contribution in [2.45, 2.75) is 0 Å². The molecule has 4 aromatic rings. The van der Waals surface area contributed by atoms with Gasteiger partial charge in [-0.2, -0.15) is 0 Å². The first-order valence-corrected chi connectivity index (χ1v) is 9.68. The zero-order valence-electron chi connectivity index (χ0n) is 17.2. The van der Waals surface area contributed by atoms with Gasteiger partial charge in [0.2, 0.25) is 0 Å². The molecule has 156 valence electrons. The highest BCUT2D eigenvalue weighted by Crippen LogP contribution is 2.25. The third-order valence-electron chi connectivity index (χ3n) is 4.76. The fraction of sp³-hybridized carbons (Fsp3) is 0.120. The van der Waals surface area contributed by atoms with E-state index in [0.717, 1.165) is 16.9 Å². The van der Waals surface area contributed by atoms with Crippen molar-refractivity contribution >= 4 is 16.7 Å². The Morgan fingerprint density at radius 2 is 1.65 bits per heavy atom. The molecular formula is C25H21NO5. The molecule has 0 aliphatic rings. The van der Waals surface area contributed by atoms with E-state index in [2.05, 4.69) is 5.16 Å². The highest BCUT2D eigenvalue weighted by molar-refractivity contribution is 6.01. The number of ether oxygens (including phenoxy) is 2. The second-order valence-electron chi connectivity index (χ2n) is 6.74. The Morgan fingerprint density at radius 3 is 2.35 bits per heavy atom. The minimum Gasteiger partial charge on any atom is -0.497 e. The maximum Gasteiger partial charge on any atom is 0.193 e. The van der Waals surface area contributed by atoms with Gasteiger partial charge in [-0.3, -0.25) is 4.79 Å². The largest absolute Gasteiger partial charge is 0.497 e. The lowest BCUT2D eigenvalue weighted by Crippen LogP contribution is -2.13. The summed E-state index contributed by atoms with van der Waals surface area (Å²) in [4.78, 5) is 17.5. The summed E-state index contributed by atoms with van der Waals surface area (Å²) in [5.41, 5.74) is 2.65. The van der Waals surface area contributed by atoms with Crippen molar-refractivity contribution in [2.75, 3.05) is 20.8 Å². The Morgan fingerprint density at radius 1 is 0.903 bits per heavy atom. The van der Waals surface area contributed by atoms with Crippen LogP contribution in [0.15, 0.2) is 93.2 Å². The van der Waals surface area contributed by atoms with Gasteiger partial charge in [-0.15, -0.1) is 0 Å². The second kappa shape index (κ2) is 9.17. The van der Waals surface area contributed by atoms with Gasteiger partial charge in [0.15, 0.2) is 5.43 Å². The summed E-state index contributed by atoms with van der Waals surface area (Å²) in [5.74, 6) is 1.81. The molecule has 0 atom stereocenters. The van der Waals surface area contributed by atoms with Crippen LogP contribution in [0.4, 0.5) is 0 Å². The van der Waals surface area contributed by atoms with Crippen molar-refractivity contribution < 1.29 is 18.7 Å². The molecule has 0 saturated heterocycles. The monoisotopic (exact) mass is 415 g/mol. The van der Waals surface area contributed by atoms with E-state index in [-0.39, 0.29) is 12.0 Å². The Hall–Kier alpha value is -4.06. The maximum absolute atomic E-state index is 12.5. The zero-order chi connectivity index (χ0) is 21.6. The Balaban J connectivity index is 1.60. The van der Waals surface area contributed by atoms with Gasteiger partial charge in [-0.25, -0.2) is 0 Å². The molecule has 0 radical (unpaired) electrons. The van der Waals surface area contributed by atoms with E-state index >= 15 is 0 Å². The fourth-order valence-electron chi connectivity index (χ4n) is 3.18. The molecule has 0 unspecified atom stereocenters. The topological polar surface area (TPSA) is 70.3 Å². The molecule has 1 heterocycles. The molecule has 0 N–H and O–H groups in total. The van der Waals surface area contributed by atoms with Crippen LogP contribution in [-0.2, 0) is 4.84 Å². The average Bonchev–Trinajstić information content (AvgIpc) is 2.82. The summed E-state index contributed by atoms with van der Waals surface area (Å²) >= 11 is 0. The van der Waals surface area contributed by atoms with Gasteiger partial charge in [0.25, 0.3) is 0 Å². The summed E-state index contributed by atoms with van der Waals surface area (Å²) < 4.78 is 17.1. The molecule has 0 spiro atoms. The van der Waals surface area contributed by atoms with Crippen LogP contribution in [0, 0.1) is 0 Å². The van der Waals surface area contributed by atoms with Gasteiger partial charge in [-0.1, -0.05) is 35.5 Å². The number of rotatable bonds is 7. The van der Waals surface area contributed by atoms with E-state index in [9.17, 15) is 4.79 Å². The summed E-state index contributed by atoms with van der Waals surface area (Å²) in [6.07, 6.45) is 0. The summed E-state index contributed by atoms with van der Waals surface area (Å²) in [6.45, 7) is 0.175. The van der Waals surface area contributed by atoms with Gasteiger partial charge in [-0.05, 0) is 36.4 Å². The normalized spacial score (nSPS) is 11.4.